The van der Waals surface area contributed by atoms with Crippen molar-refractivity contribution in [3.63, 3.8) is 0 Å². The van der Waals surface area contributed by atoms with Crippen LogP contribution in [0.15, 0.2) is 48.5 Å². The van der Waals surface area contributed by atoms with Gasteiger partial charge in [-0.1, -0.05) is 36.4 Å². The average Bonchev–Trinajstić information content (AvgIpc) is 2.80. The molecule has 0 amide bonds. The molecule has 0 unspecified atom stereocenters. The molecule has 24 heavy (non-hydrogen) atoms. The van der Waals surface area contributed by atoms with E-state index in [0.717, 1.165) is 32.5 Å². The molecule has 126 valence electrons. The number of nitrogens with zero attached hydrogens (tertiary/aromatic N) is 2. The highest BCUT2D eigenvalue weighted by Gasteiger charge is 2.20. The summed E-state index contributed by atoms with van der Waals surface area (Å²) in [5.74, 6) is 0. The van der Waals surface area contributed by atoms with Gasteiger partial charge in [-0.3, -0.25) is 0 Å². The Bertz CT molecular complexity index is 629. The summed E-state index contributed by atoms with van der Waals surface area (Å²) in [6.07, 6.45) is 3.49. The van der Waals surface area contributed by atoms with Crippen LogP contribution in [0.5, 0.6) is 0 Å². The molecule has 0 aromatic heterocycles. The van der Waals surface area contributed by atoms with Gasteiger partial charge in [-0.15, -0.1) is 0 Å². The molecular weight excluding hydrogens is 294 g/mol. The van der Waals surface area contributed by atoms with Crippen LogP contribution in [0.25, 0.3) is 0 Å². The summed E-state index contributed by atoms with van der Waals surface area (Å²) in [6.45, 7) is 6.94. The Labute approximate surface area is 145 Å². The molecule has 1 N–H and O–H groups in total. The third kappa shape index (κ3) is 3.33. The number of nitrogens with one attached hydrogen (secondary N) is 1. The Kier molecular flexibility index (Phi) is 4.81. The van der Waals surface area contributed by atoms with E-state index >= 15 is 0 Å². The first-order valence-electron chi connectivity index (χ1n) is 9.28. The van der Waals surface area contributed by atoms with Crippen LogP contribution in [0, 0.1) is 0 Å². The van der Waals surface area contributed by atoms with Crippen molar-refractivity contribution in [2.75, 3.05) is 44.2 Å². The number of fused-ring (bicyclic) bond motifs is 2. The first-order valence-corrected chi connectivity index (χ1v) is 9.28. The normalized spacial score (nSPS) is 17.9. The molecule has 0 aliphatic carbocycles. The van der Waals surface area contributed by atoms with E-state index in [0.29, 0.717) is 0 Å². The first-order chi connectivity index (χ1) is 11.9. The second kappa shape index (κ2) is 7.37. The molecule has 0 atom stereocenters. The van der Waals surface area contributed by atoms with Gasteiger partial charge >= 0.3 is 0 Å². The number of rotatable bonds is 4. The molecule has 0 radical (unpaired) electrons. The van der Waals surface area contributed by atoms with Crippen molar-refractivity contribution in [3.05, 3.63) is 59.7 Å². The molecule has 2 aromatic rings. The molecule has 2 heterocycles. The van der Waals surface area contributed by atoms with Gasteiger partial charge in [-0.25, -0.2) is 0 Å². The highest BCUT2D eigenvalue weighted by atomic mass is 15.2. The third-order valence-electron chi connectivity index (χ3n) is 5.29. The SMILES string of the molecule is c1ccc2c(c1)CCc1ccccc1N2CCCN1CCNCC1. The van der Waals surface area contributed by atoms with Crippen molar-refractivity contribution >= 4 is 11.4 Å². The fourth-order valence-corrected chi connectivity index (χ4v) is 4.00. The molecular formula is C21H27N3. The molecule has 4 rings (SSSR count). The van der Waals surface area contributed by atoms with E-state index in [4.69, 9.17) is 0 Å². The predicted octanol–water partition coefficient (Wildman–Crippen LogP) is 3.22. The number of aryl methyl sites for hydroxylation is 2. The second-order valence-corrected chi connectivity index (χ2v) is 6.85. The summed E-state index contributed by atoms with van der Waals surface area (Å²) in [5.41, 5.74) is 5.78. The lowest BCUT2D eigenvalue weighted by molar-refractivity contribution is 0.240. The lowest BCUT2D eigenvalue weighted by Gasteiger charge is -2.30. The van der Waals surface area contributed by atoms with Crippen LogP contribution in [0.3, 0.4) is 0 Å². The summed E-state index contributed by atoms with van der Waals surface area (Å²) < 4.78 is 0. The number of para-hydroxylation sites is 2. The maximum atomic E-state index is 3.44. The highest BCUT2D eigenvalue weighted by Crippen LogP contribution is 2.35. The molecule has 2 aromatic carbocycles. The van der Waals surface area contributed by atoms with Crippen LogP contribution in [0.2, 0.25) is 0 Å². The van der Waals surface area contributed by atoms with Crippen LogP contribution in [-0.2, 0) is 12.8 Å². The Hall–Kier alpha value is -1.84. The van der Waals surface area contributed by atoms with E-state index in [2.05, 4.69) is 63.6 Å². The van der Waals surface area contributed by atoms with E-state index in [-0.39, 0.29) is 0 Å². The Balaban J connectivity index is 1.54. The largest absolute Gasteiger partial charge is 0.341 e. The lowest BCUT2D eigenvalue weighted by Crippen LogP contribution is -2.44. The third-order valence-corrected chi connectivity index (χ3v) is 5.29. The van der Waals surface area contributed by atoms with Gasteiger partial charge < -0.3 is 15.1 Å². The van der Waals surface area contributed by atoms with Crippen LogP contribution >= 0.6 is 0 Å². The fourth-order valence-electron chi connectivity index (χ4n) is 4.00. The first kappa shape index (κ1) is 15.7. The maximum Gasteiger partial charge on any atom is 0.0443 e. The zero-order valence-corrected chi connectivity index (χ0v) is 14.4. The quantitative estimate of drug-likeness (QED) is 0.933. The van der Waals surface area contributed by atoms with Gasteiger partial charge in [0.25, 0.3) is 0 Å². The molecule has 3 nitrogen and oxygen atoms in total. The standard InChI is InChI=1S/C21H27N3/c1-3-8-20-18(6-1)10-11-19-7-2-4-9-21(19)24(20)15-5-14-23-16-12-22-13-17-23/h1-4,6-9,22H,5,10-17H2. The highest BCUT2D eigenvalue weighted by molar-refractivity contribution is 5.71. The van der Waals surface area contributed by atoms with E-state index in [1.807, 2.05) is 0 Å². The van der Waals surface area contributed by atoms with Crippen molar-refractivity contribution in [2.24, 2.45) is 0 Å². The van der Waals surface area contributed by atoms with Crippen molar-refractivity contribution in [1.82, 2.24) is 10.2 Å². The molecule has 0 bridgehead atoms. The summed E-state index contributed by atoms with van der Waals surface area (Å²) in [6, 6.07) is 17.9. The number of piperazine rings is 1. The van der Waals surface area contributed by atoms with E-state index in [1.54, 1.807) is 0 Å². The van der Waals surface area contributed by atoms with Crippen molar-refractivity contribution in [2.45, 2.75) is 19.3 Å². The van der Waals surface area contributed by atoms with Crippen LogP contribution in [0.4, 0.5) is 11.4 Å². The minimum Gasteiger partial charge on any atom is -0.341 e. The van der Waals surface area contributed by atoms with Crippen molar-refractivity contribution in [3.8, 4) is 0 Å². The molecule has 2 aliphatic rings. The van der Waals surface area contributed by atoms with Gasteiger partial charge in [-0.05, 0) is 49.1 Å². The minimum atomic E-state index is 1.10. The topological polar surface area (TPSA) is 18.5 Å². The van der Waals surface area contributed by atoms with Crippen molar-refractivity contribution < 1.29 is 0 Å². The average molecular weight is 321 g/mol. The van der Waals surface area contributed by atoms with E-state index in [9.17, 15) is 0 Å². The van der Waals surface area contributed by atoms with Gasteiger partial charge in [0, 0.05) is 44.1 Å². The summed E-state index contributed by atoms with van der Waals surface area (Å²) in [4.78, 5) is 5.14. The second-order valence-electron chi connectivity index (χ2n) is 6.85. The van der Waals surface area contributed by atoms with Crippen molar-refractivity contribution in [1.29, 1.82) is 0 Å². The smallest absolute Gasteiger partial charge is 0.0443 e. The Morgan fingerprint density at radius 3 is 1.96 bits per heavy atom. The maximum absolute atomic E-state index is 3.44. The fraction of sp³-hybridized carbons (Fsp3) is 0.429. The Morgan fingerprint density at radius 1 is 0.750 bits per heavy atom. The van der Waals surface area contributed by atoms with E-state index in [1.165, 1.54) is 48.6 Å². The van der Waals surface area contributed by atoms with Gasteiger partial charge in [0.2, 0.25) is 0 Å². The lowest BCUT2D eigenvalue weighted by atomic mass is 10.0. The zero-order chi connectivity index (χ0) is 16.2. The summed E-state index contributed by atoms with van der Waals surface area (Å²) >= 11 is 0. The van der Waals surface area contributed by atoms with Gasteiger partial charge in [0.05, 0.1) is 0 Å². The van der Waals surface area contributed by atoms with E-state index < -0.39 is 0 Å². The monoisotopic (exact) mass is 321 g/mol. The molecule has 2 aliphatic heterocycles. The van der Waals surface area contributed by atoms with Crippen LogP contribution in [-0.4, -0.2) is 44.2 Å². The number of hydrogen-bond acceptors (Lipinski definition) is 3. The Morgan fingerprint density at radius 2 is 1.33 bits per heavy atom. The molecule has 0 spiro atoms. The van der Waals surface area contributed by atoms with Crippen LogP contribution in [0.1, 0.15) is 17.5 Å². The summed E-state index contributed by atoms with van der Waals surface area (Å²) in [5, 5.41) is 3.44. The van der Waals surface area contributed by atoms with Gasteiger partial charge in [0.15, 0.2) is 0 Å². The number of anilines is 2. The molecule has 1 fully saturated rings. The minimum absolute atomic E-state index is 1.10. The summed E-state index contributed by atoms with van der Waals surface area (Å²) in [7, 11) is 0. The zero-order valence-electron chi connectivity index (χ0n) is 14.4. The number of benzene rings is 2. The molecule has 3 heteroatoms. The predicted molar refractivity (Wildman–Crippen MR) is 101 cm³/mol. The molecule has 1 saturated heterocycles. The van der Waals surface area contributed by atoms with Gasteiger partial charge in [-0.2, -0.15) is 0 Å². The molecule has 0 saturated carbocycles. The number of hydrogen-bond donors (Lipinski definition) is 1. The van der Waals surface area contributed by atoms with Crippen LogP contribution < -0.4 is 10.2 Å². The van der Waals surface area contributed by atoms with Gasteiger partial charge in [0.1, 0.15) is 0 Å².